The van der Waals surface area contributed by atoms with E-state index in [0.717, 1.165) is 5.75 Å². The van der Waals surface area contributed by atoms with Crippen LogP contribution in [0.2, 0.25) is 4.34 Å². The highest BCUT2D eigenvalue weighted by Crippen LogP contribution is 2.27. The van der Waals surface area contributed by atoms with E-state index < -0.39 is 0 Å². The molecule has 6 nitrogen and oxygen atoms in total. The van der Waals surface area contributed by atoms with Crippen molar-refractivity contribution >= 4 is 34.5 Å². The molecule has 0 fully saturated rings. The van der Waals surface area contributed by atoms with Crippen LogP contribution in [0.3, 0.4) is 0 Å². The van der Waals surface area contributed by atoms with E-state index in [-0.39, 0.29) is 19.2 Å². The molecule has 0 aliphatic carbocycles. The summed E-state index contributed by atoms with van der Waals surface area (Å²) in [5.74, 6) is 1.86. The Kier molecular flexibility index (Phi) is 7.01. The number of rotatable bonds is 9. The lowest BCUT2D eigenvalue weighted by Crippen LogP contribution is -2.44. The fourth-order valence-electron chi connectivity index (χ4n) is 2.76. The predicted molar refractivity (Wildman–Crippen MR) is 121 cm³/mol. The van der Waals surface area contributed by atoms with Crippen molar-refractivity contribution in [3.63, 3.8) is 0 Å². The third-order valence-corrected chi connectivity index (χ3v) is 5.43. The number of carbonyl (C=O) groups is 1. The first-order valence-corrected chi connectivity index (χ1v) is 10.6. The van der Waals surface area contributed by atoms with Gasteiger partial charge in [-0.2, -0.15) is 0 Å². The van der Waals surface area contributed by atoms with Crippen LogP contribution in [-0.2, 0) is 11.3 Å². The number of anilines is 1. The first kappa shape index (κ1) is 21.1. The molecule has 4 rings (SSSR count). The van der Waals surface area contributed by atoms with E-state index >= 15 is 0 Å². The fourth-order valence-corrected chi connectivity index (χ4v) is 3.74. The molecule has 8 heteroatoms. The average molecular weight is 455 g/mol. The minimum Gasteiger partial charge on any atom is -0.467 e. The van der Waals surface area contributed by atoms with Gasteiger partial charge in [-0.3, -0.25) is 4.79 Å². The van der Waals surface area contributed by atoms with Crippen molar-refractivity contribution in [3.8, 4) is 11.5 Å². The summed E-state index contributed by atoms with van der Waals surface area (Å²) in [6.07, 6.45) is 1.58. The second kappa shape index (κ2) is 10.3. The van der Waals surface area contributed by atoms with Crippen molar-refractivity contribution in [1.82, 2.24) is 5.43 Å². The SMILES string of the molecule is O=C(c1ccc(Cl)s1)N(NCOCc1ccco1)c1ccc(Oc2ccccc2)cc1. The largest absolute Gasteiger partial charge is 0.467 e. The van der Waals surface area contributed by atoms with E-state index in [4.69, 9.17) is 25.5 Å². The van der Waals surface area contributed by atoms with E-state index in [1.165, 1.54) is 16.3 Å². The van der Waals surface area contributed by atoms with Gasteiger partial charge in [0.15, 0.2) is 0 Å². The van der Waals surface area contributed by atoms with Gasteiger partial charge in [-0.05, 0) is 60.7 Å². The van der Waals surface area contributed by atoms with E-state index in [0.29, 0.717) is 26.4 Å². The maximum atomic E-state index is 13.1. The minimum atomic E-state index is -0.241. The van der Waals surface area contributed by atoms with Crippen LogP contribution in [0.25, 0.3) is 0 Å². The second-order valence-electron chi connectivity index (χ2n) is 6.38. The molecule has 2 aromatic carbocycles. The van der Waals surface area contributed by atoms with Crippen LogP contribution in [-0.4, -0.2) is 12.6 Å². The molecule has 4 aromatic rings. The van der Waals surface area contributed by atoms with Crippen molar-refractivity contribution in [3.05, 3.63) is 100 Å². The third kappa shape index (κ3) is 5.74. The summed E-state index contributed by atoms with van der Waals surface area (Å²) >= 11 is 7.23. The molecular formula is C23H19ClN2O4S. The van der Waals surface area contributed by atoms with Crippen molar-refractivity contribution in [1.29, 1.82) is 0 Å². The van der Waals surface area contributed by atoms with Crippen LogP contribution < -0.4 is 15.2 Å². The molecule has 1 amide bonds. The zero-order valence-corrected chi connectivity index (χ0v) is 17.9. The molecule has 0 atom stereocenters. The number of hydrogen-bond donors (Lipinski definition) is 1. The van der Waals surface area contributed by atoms with Crippen molar-refractivity contribution < 1.29 is 18.7 Å². The van der Waals surface area contributed by atoms with Crippen LogP contribution in [0.1, 0.15) is 15.4 Å². The number of ether oxygens (including phenoxy) is 2. The lowest BCUT2D eigenvalue weighted by molar-refractivity contribution is 0.0792. The molecule has 0 saturated heterocycles. The zero-order valence-electron chi connectivity index (χ0n) is 16.4. The topological polar surface area (TPSA) is 63.9 Å². The lowest BCUT2D eigenvalue weighted by Gasteiger charge is -2.23. The van der Waals surface area contributed by atoms with Gasteiger partial charge in [0, 0.05) is 0 Å². The molecule has 158 valence electrons. The summed E-state index contributed by atoms with van der Waals surface area (Å²) in [4.78, 5) is 13.6. The van der Waals surface area contributed by atoms with Gasteiger partial charge in [0.1, 0.15) is 30.6 Å². The van der Waals surface area contributed by atoms with E-state index in [9.17, 15) is 4.79 Å². The van der Waals surface area contributed by atoms with Gasteiger partial charge in [-0.1, -0.05) is 29.8 Å². The number of nitrogens with one attached hydrogen (secondary N) is 1. The highest BCUT2D eigenvalue weighted by molar-refractivity contribution is 7.18. The number of amides is 1. The molecule has 31 heavy (non-hydrogen) atoms. The molecule has 0 spiro atoms. The first-order valence-electron chi connectivity index (χ1n) is 9.45. The summed E-state index contributed by atoms with van der Waals surface area (Å²) in [7, 11) is 0. The highest BCUT2D eigenvalue weighted by Gasteiger charge is 2.20. The minimum absolute atomic E-state index is 0.105. The Labute approximate surface area is 188 Å². The van der Waals surface area contributed by atoms with Gasteiger partial charge in [-0.25, -0.2) is 10.4 Å². The predicted octanol–water partition coefficient (Wildman–Crippen LogP) is 6.11. The van der Waals surface area contributed by atoms with Gasteiger partial charge >= 0.3 is 0 Å². The summed E-state index contributed by atoms with van der Waals surface area (Å²) in [6.45, 7) is 0.393. The van der Waals surface area contributed by atoms with Gasteiger partial charge < -0.3 is 13.9 Å². The van der Waals surface area contributed by atoms with Crippen LogP contribution in [0.15, 0.2) is 89.5 Å². The Morgan fingerprint density at radius 2 is 1.74 bits per heavy atom. The Bertz CT molecular complexity index is 1100. The normalized spacial score (nSPS) is 10.7. The number of benzene rings is 2. The number of para-hydroxylation sites is 1. The Balaban J connectivity index is 1.46. The van der Waals surface area contributed by atoms with Gasteiger partial charge in [0.05, 0.1) is 21.2 Å². The molecule has 0 radical (unpaired) electrons. The van der Waals surface area contributed by atoms with E-state index in [1.54, 1.807) is 48.7 Å². The van der Waals surface area contributed by atoms with Crippen LogP contribution >= 0.6 is 22.9 Å². The Hall–Kier alpha value is -3.10. The molecule has 0 aliphatic rings. The van der Waals surface area contributed by atoms with E-state index in [1.807, 2.05) is 36.4 Å². The fraction of sp³-hybridized carbons (Fsp3) is 0.0870. The summed E-state index contributed by atoms with van der Waals surface area (Å²) < 4.78 is 17.2. The monoisotopic (exact) mass is 454 g/mol. The molecule has 0 saturated carbocycles. The number of furan rings is 1. The molecule has 0 bridgehead atoms. The maximum Gasteiger partial charge on any atom is 0.282 e. The highest BCUT2D eigenvalue weighted by atomic mass is 35.5. The number of nitrogens with zero attached hydrogens (tertiary/aromatic N) is 1. The number of hydrazine groups is 1. The lowest BCUT2D eigenvalue weighted by atomic mass is 10.2. The van der Waals surface area contributed by atoms with Crippen LogP contribution in [0.4, 0.5) is 5.69 Å². The van der Waals surface area contributed by atoms with Crippen LogP contribution in [0.5, 0.6) is 11.5 Å². The number of thiophene rings is 1. The molecule has 2 aromatic heterocycles. The molecule has 0 unspecified atom stereocenters. The van der Waals surface area contributed by atoms with Gasteiger partial charge in [0.25, 0.3) is 5.91 Å². The first-order chi connectivity index (χ1) is 15.2. The molecule has 0 aliphatic heterocycles. The van der Waals surface area contributed by atoms with Crippen LogP contribution in [0, 0.1) is 0 Å². The smallest absolute Gasteiger partial charge is 0.282 e. The number of halogens is 1. The number of hydrogen-bond acceptors (Lipinski definition) is 6. The van der Waals surface area contributed by atoms with Crippen molar-refractivity contribution in [2.45, 2.75) is 6.61 Å². The Morgan fingerprint density at radius 1 is 0.968 bits per heavy atom. The third-order valence-electron chi connectivity index (χ3n) is 4.21. The summed E-state index contributed by atoms with van der Waals surface area (Å²) in [6, 6.07) is 23.7. The quantitative estimate of drug-likeness (QED) is 0.188. The van der Waals surface area contributed by atoms with E-state index in [2.05, 4.69) is 5.43 Å². The van der Waals surface area contributed by atoms with Crippen molar-refractivity contribution in [2.24, 2.45) is 0 Å². The molecule has 2 heterocycles. The zero-order chi connectivity index (χ0) is 21.5. The van der Waals surface area contributed by atoms with Gasteiger partial charge in [0.2, 0.25) is 0 Å². The molecule has 1 N–H and O–H groups in total. The Morgan fingerprint density at radius 3 is 2.42 bits per heavy atom. The summed E-state index contributed by atoms with van der Waals surface area (Å²) in [5, 5.41) is 1.43. The van der Waals surface area contributed by atoms with Gasteiger partial charge in [-0.15, -0.1) is 11.3 Å². The summed E-state index contributed by atoms with van der Waals surface area (Å²) in [5.41, 5.74) is 3.65. The van der Waals surface area contributed by atoms with Crippen molar-refractivity contribution in [2.75, 3.05) is 11.7 Å². The second-order valence-corrected chi connectivity index (χ2v) is 8.10. The standard InChI is InChI=1S/C23H19ClN2O4S/c24-22-13-12-21(31-22)23(27)26(25-16-28-15-20-7-4-14-29-20)17-8-10-19(11-9-17)30-18-5-2-1-3-6-18/h1-14,25H,15-16H2. The average Bonchev–Trinajstić information content (AvgIpc) is 3.47. The molecular weight excluding hydrogens is 436 g/mol. The maximum absolute atomic E-state index is 13.1. The number of carbonyl (C=O) groups excluding carboxylic acids is 1.